The van der Waals surface area contributed by atoms with Crippen LogP contribution in [0.3, 0.4) is 0 Å². The first kappa shape index (κ1) is 11.7. The second-order valence-corrected chi connectivity index (χ2v) is 4.23. The normalized spacial score (nSPS) is 10.2. The zero-order chi connectivity index (χ0) is 12.1. The van der Waals surface area contributed by atoms with Crippen molar-refractivity contribution in [2.75, 3.05) is 12.3 Å². The van der Waals surface area contributed by atoms with Crippen LogP contribution < -0.4 is 15.2 Å². The molecule has 0 amide bonds. The molecule has 2 aromatic heterocycles. The topological polar surface area (TPSA) is 70.3 Å². The quantitative estimate of drug-likeness (QED) is 0.881. The van der Waals surface area contributed by atoms with E-state index in [9.17, 15) is 0 Å². The second-order valence-electron chi connectivity index (χ2n) is 3.20. The molecule has 2 aromatic rings. The number of ether oxygens (including phenoxy) is 2. The van der Waals surface area contributed by atoms with Crippen LogP contribution in [0.25, 0.3) is 0 Å². The van der Waals surface area contributed by atoms with Gasteiger partial charge in [0.1, 0.15) is 12.9 Å². The van der Waals surface area contributed by atoms with Gasteiger partial charge in [-0.2, -0.15) is 9.97 Å². The van der Waals surface area contributed by atoms with E-state index in [0.717, 1.165) is 4.88 Å². The van der Waals surface area contributed by atoms with Gasteiger partial charge in [-0.15, -0.1) is 11.3 Å². The van der Waals surface area contributed by atoms with E-state index in [4.69, 9.17) is 15.2 Å². The van der Waals surface area contributed by atoms with E-state index in [1.165, 1.54) is 6.33 Å². The highest BCUT2D eigenvalue weighted by molar-refractivity contribution is 7.09. The number of rotatable bonds is 5. The van der Waals surface area contributed by atoms with Gasteiger partial charge in [0.25, 0.3) is 0 Å². The van der Waals surface area contributed by atoms with E-state index in [1.807, 2.05) is 24.4 Å². The molecular weight excluding hydrogens is 238 g/mol. The minimum absolute atomic E-state index is 0.339. The smallest absolute Gasteiger partial charge is 0.244 e. The average Bonchev–Trinajstić information content (AvgIpc) is 2.83. The average molecular weight is 251 g/mol. The molecule has 6 heteroatoms. The number of anilines is 1. The second kappa shape index (κ2) is 5.49. The molecule has 2 heterocycles. The van der Waals surface area contributed by atoms with Crippen LogP contribution >= 0.6 is 11.3 Å². The van der Waals surface area contributed by atoms with E-state index in [1.54, 1.807) is 11.3 Å². The first-order valence-corrected chi connectivity index (χ1v) is 6.07. The van der Waals surface area contributed by atoms with Crippen LogP contribution in [0.2, 0.25) is 0 Å². The number of aromatic nitrogens is 2. The first-order valence-electron chi connectivity index (χ1n) is 5.19. The molecule has 5 nitrogen and oxygen atoms in total. The Kier molecular flexibility index (Phi) is 3.77. The highest BCUT2D eigenvalue weighted by Gasteiger charge is 2.10. The molecule has 2 rings (SSSR count). The highest BCUT2D eigenvalue weighted by Crippen LogP contribution is 2.27. The van der Waals surface area contributed by atoms with Gasteiger partial charge in [0.05, 0.1) is 6.61 Å². The Hall–Kier alpha value is -1.82. The molecule has 0 aliphatic heterocycles. The van der Waals surface area contributed by atoms with Gasteiger partial charge in [0, 0.05) is 4.88 Å². The van der Waals surface area contributed by atoms with Crippen LogP contribution in [-0.2, 0) is 6.61 Å². The molecule has 90 valence electrons. The van der Waals surface area contributed by atoms with Crippen molar-refractivity contribution in [2.24, 2.45) is 0 Å². The lowest BCUT2D eigenvalue weighted by atomic mass is 10.4. The molecule has 17 heavy (non-hydrogen) atoms. The molecule has 0 bridgehead atoms. The van der Waals surface area contributed by atoms with Crippen LogP contribution in [0, 0.1) is 0 Å². The number of nitrogens with zero attached hydrogens (tertiary/aromatic N) is 2. The number of hydrogen-bond acceptors (Lipinski definition) is 6. The molecule has 0 unspecified atom stereocenters. The van der Waals surface area contributed by atoms with Crippen molar-refractivity contribution >= 4 is 17.0 Å². The van der Waals surface area contributed by atoms with Gasteiger partial charge in [-0.05, 0) is 18.4 Å². The summed E-state index contributed by atoms with van der Waals surface area (Å²) in [6, 6.07) is 3.96. The standard InChI is InChI=1S/C11H13N3O2S/c1-2-15-10-9(12)11(14-7-13-10)16-6-8-4-3-5-17-8/h3-5,7H,2,6,12H2,1H3. The van der Waals surface area contributed by atoms with Gasteiger partial charge < -0.3 is 15.2 Å². The Morgan fingerprint density at radius 2 is 2.06 bits per heavy atom. The van der Waals surface area contributed by atoms with Gasteiger partial charge in [-0.1, -0.05) is 6.07 Å². The highest BCUT2D eigenvalue weighted by atomic mass is 32.1. The lowest BCUT2D eigenvalue weighted by molar-refractivity contribution is 0.289. The summed E-state index contributed by atoms with van der Waals surface area (Å²) in [5.74, 6) is 0.723. The predicted octanol–water partition coefficient (Wildman–Crippen LogP) is 2.10. The van der Waals surface area contributed by atoms with Crippen molar-refractivity contribution in [1.82, 2.24) is 9.97 Å². The molecule has 0 radical (unpaired) electrons. The lowest BCUT2D eigenvalue weighted by Gasteiger charge is -2.09. The van der Waals surface area contributed by atoms with Crippen LogP contribution in [0.1, 0.15) is 11.8 Å². The van der Waals surface area contributed by atoms with Gasteiger partial charge >= 0.3 is 0 Å². The zero-order valence-corrected chi connectivity index (χ0v) is 10.2. The van der Waals surface area contributed by atoms with Crippen LogP contribution in [0.5, 0.6) is 11.8 Å². The molecule has 0 aromatic carbocycles. The van der Waals surface area contributed by atoms with Crippen LogP contribution in [0.15, 0.2) is 23.8 Å². The Balaban J connectivity index is 2.07. The van der Waals surface area contributed by atoms with Gasteiger partial charge in [0.2, 0.25) is 11.8 Å². The van der Waals surface area contributed by atoms with E-state index in [2.05, 4.69) is 9.97 Å². The molecule has 0 saturated carbocycles. The summed E-state index contributed by atoms with van der Waals surface area (Å²) in [6.45, 7) is 2.82. The van der Waals surface area contributed by atoms with Crippen molar-refractivity contribution < 1.29 is 9.47 Å². The molecule has 0 atom stereocenters. The SMILES string of the molecule is CCOc1ncnc(OCc2cccs2)c1N. The summed E-state index contributed by atoms with van der Waals surface area (Å²) in [5, 5.41) is 1.99. The Morgan fingerprint density at radius 3 is 2.71 bits per heavy atom. The monoisotopic (exact) mass is 251 g/mol. The molecule has 0 aliphatic rings. The summed E-state index contributed by atoms with van der Waals surface area (Å²) >= 11 is 1.62. The first-order chi connectivity index (χ1) is 8.31. The van der Waals surface area contributed by atoms with Crippen molar-refractivity contribution in [3.05, 3.63) is 28.7 Å². The van der Waals surface area contributed by atoms with E-state index in [0.29, 0.717) is 30.7 Å². The van der Waals surface area contributed by atoms with Crippen molar-refractivity contribution in [1.29, 1.82) is 0 Å². The van der Waals surface area contributed by atoms with Gasteiger partial charge in [-0.3, -0.25) is 0 Å². The largest absolute Gasteiger partial charge is 0.476 e. The molecule has 0 fully saturated rings. The summed E-state index contributed by atoms with van der Waals surface area (Å²) in [6.07, 6.45) is 1.38. The third kappa shape index (κ3) is 2.85. The fraction of sp³-hybridized carbons (Fsp3) is 0.273. The Labute approximate surface area is 103 Å². The third-order valence-electron chi connectivity index (χ3n) is 2.02. The van der Waals surface area contributed by atoms with Gasteiger partial charge in [-0.25, -0.2) is 0 Å². The van der Waals surface area contributed by atoms with Crippen LogP contribution in [0.4, 0.5) is 5.69 Å². The lowest BCUT2D eigenvalue weighted by Crippen LogP contribution is -2.04. The predicted molar refractivity (Wildman–Crippen MR) is 66.3 cm³/mol. The van der Waals surface area contributed by atoms with E-state index < -0.39 is 0 Å². The number of hydrogen-bond donors (Lipinski definition) is 1. The molecule has 2 N–H and O–H groups in total. The van der Waals surface area contributed by atoms with Gasteiger partial charge in [0.15, 0.2) is 5.69 Å². The summed E-state index contributed by atoms with van der Waals surface area (Å²) in [5.41, 5.74) is 6.18. The fourth-order valence-corrected chi connectivity index (χ4v) is 1.88. The van der Waals surface area contributed by atoms with Crippen molar-refractivity contribution in [3.8, 4) is 11.8 Å². The Bertz CT molecular complexity index is 474. The summed E-state index contributed by atoms with van der Waals surface area (Å²) in [4.78, 5) is 9.04. The van der Waals surface area contributed by atoms with E-state index >= 15 is 0 Å². The van der Waals surface area contributed by atoms with Crippen molar-refractivity contribution in [2.45, 2.75) is 13.5 Å². The third-order valence-corrected chi connectivity index (χ3v) is 2.87. The number of thiophene rings is 1. The fourth-order valence-electron chi connectivity index (χ4n) is 1.27. The Morgan fingerprint density at radius 1 is 1.29 bits per heavy atom. The van der Waals surface area contributed by atoms with Crippen LogP contribution in [-0.4, -0.2) is 16.6 Å². The summed E-state index contributed by atoms with van der Waals surface area (Å²) < 4.78 is 10.8. The molecule has 0 spiro atoms. The minimum Gasteiger partial charge on any atom is -0.476 e. The maximum absolute atomic E-state index is 5.84. The molecule has 0 aliphatic carbocycles. The zero-order valence-electron chi connectivity index (χ0n) is 9.42. The maximum Gasteiger partial charge on any atom is 0.244 e. The minimum atomic E-state index is 0.339. The number of nitrogen functional groups attached to an aromatic ring is 1. The van der Waals surface area contributed by atoms with Crippen molar-refractivity contribution in [3.63, 3.8) is 0 Å². The molecule has 0 saturated heterocycles. The summed E-state index contributed by atoms with van der Waals surface area (Å²) in [7, 11) is 0. The van der Waals surface area contributed by atoms with E-state index in [-0.39, 0.29) is 0 Å². The molecular formula is C11H13N3O2S. The maximum atomic E-state index is 5.84. The number of nitrogens with two attached hydrogens (primary N) is 1.